The number of rotatable bonds is 3. The van der Waals surface area contributed by atoms with Gasteiger partial charge in [0.25, 0.3) is 0 Å². The summed E-state index contributed by atoms with van der Waals surface area (Å²) in [5.41, 5.74) is 0. The van der Waals surface area contributed by atoms with Gasteiger partial charge in [0.2, 0.25) is 0 Å². The molecule has 0 fully saturated rings. The molecule has 34 valence electrons. The molecule has 1 heteroatoms. The molecule has 0 aromatic carbocycles. The Morgan fingerprint density at radius 1 is 1.33 bits per heavy atom. The molecule has 0 N–H and O–H groups in total. The van der Waals surface area contributed by atoms with E-state index >= 15 is 0 Å². The van der Waals surface area contributed by atoms with Gasteiger partial charge in [-0.2, -0.15) is 0 Å². The third kappa shape index (κ3) is 4.88. The Kier molecular flexibility index (Phi) is 6.75. The van der Waals surface area contributed by atoms with Crippen LogP contribution in [0.25, 0.3) is 0 Å². The van der Waals surface area contributed by atoms with Crippen LogP contribution in [0.2, 0.25) is 4.13 Å². The van der Waals surface area contributed by atoms with Crippen LogP contribution >= 0.6 is 0 Å². The zero-order valence-electron chi connectivity index (χ0n) is 4.28. The Morgan fingerprint density at radius 2 is 2.00 bits per heavy atom. The van der Waals surface area contributed by atoms with Crippen molar-refractivity contribution in [1.82, 2.24) is 0 Å². The van der Waals surface area contributed by atoms with Gasteiger partial charge in [0.05, 0.1) is 0 Å². The van der Waals surface area contributed by atoms with Crippen molar-refractivity contribution in [3.8, 4) is 0 Å². The molecule has 0 saturated carbocycles. The Hall–Kier alpha value is 0.883. The quantitative estimate of drug-likeness (QED) is 0.546. The molecular weight excluding hydrogens is 269 g/mol. The third-order valence-electron chi connectivity index (χ3n) is 0.762. The molecule has 0 saturated heterocycles. The van der Waals surface area contributed by atoms with Crippen LogP contribution in [0.15, 0.2) is 0 Å². The van der Waals surface area contributed by atoms with E-state index in [9.17, 15) is 0 Å². The van der Waals surface area contributed by atoms with Gasteiger partial charge in [-0.15, -0.1) is 0 Å². The van der Waals surface area contributed by atoms with E-state index in [-0.39, 0.29) is 0 Å². The topological polar surface area (TPSA) is 0 Å². The van der Waals surface area contributed by atoms with Crippen molar-refractivity contribution in [1.29, 1.82) is 0 Å². The Balaban J connectivity index is 2.34. The van der Waals surface area contributed by atoms with E-state index in [4.69, 9.17) is 0 Å². The zero-order valence-corrected chi connectivity index (χ0v) is 7.75. The Bertz CT molecular complexity index is 15.9. The second-order valence-electron chi connectivity index (χ2n) is 1.43. The van der Waals surface area contributed by atoms with Crippen molar-refractivity contribution in [3.05, 3.63) is 0 Å². The van der Waals surface area contributed by atoms with Gasteiger partial charge in [-0.25, -0.2) is 0 Å². The van der Waals surface area contributed by atoms with Crippen molar-refractivity contribution < 1.29 is 0 Å². The summed E-state index contributed by atoms with van der Waals surface area (Å²) in [6.45, 7) is 2.24. The normalized spacial score (nSPS) is 8.83. The van der Waals surface area contributed by atoms with Crippen molar-refractivity contribution in [2.45, 2.75) is 30.3 Å². The minimum absolute atomic E-state index is 1.37. The van der Waals surface area contributed by atoms with Crippen molar-refractivity contribution in [2.24, 2.45) is 0 Å². The Labute approximate surface area is 55.2 Å². The summed E-state index contributed by atoms with van der Waals surface area (Å²) in [6.07, 6.45) is 4.28. The minimum atomic E-state index is 1.37. The first-order valence-corrected chi connectivity index (χ1v) is 4.98. The van der Waals surface area contributed by atoms with E-state index in [1.807, 2.05) is 0 Å². The van der Waals surface area contributed by atoms with Crippen LogP contribution in [-0.4, -0.2) is 24.7 Å². The molecule has 0 aliphatic rings. The molecule has 0 aliphatic carbocycles. The summed E-state index contributed by atoms with van der Waals surface area (Å²) >= 11 is 1.57. The van der Waals surface area contributed by atoms with Gasteiger partial charge in [-0.05, 0) is 0 Å². The van der Waals surface area contributed by atoms with Crippen LogP contribution in [0.3, 0.4) is 0 Å². The summed E-state index contributed by atoms with van der Waals surface area (Å²) in [4.78, 5) is 0. The number of unbranched alkanes of at least 4 members (excludes halogenated alkanes) is 2. The average molecular weight is 280 g/mol. The van der Waals surface area contributed by atoms with Gasteiger partial charge in [0, 0.05) is 0 Å². The first kappa shape index (κ1) is 6.88. The van der Waals surface area contributed by atoms with E-state index < -0.39 is 0 Å². The van der Waals surface area contributed by atoms with Gasteiger partial charge in [0.1, 0.15) is 0 Å². The fourth-order valence-corrected chi connectivity index (χ4v) is 1.23. The average Bonchev–Trinajstić information content (AvgIpc) is 1.61. The second kappa shape index (κ2) is 5.88. The monoisotopic (exact) mass is 280 g/mol. The van der Waals surface area contributed by atoms with E-state index in [0.717, 1.165) is 0 Å². The van der Waals surface area contributed by atoms with E-state index in [1.165, 1.54) is 23.4 Å². The molecule has 2 radical (unpaired) electrons. The van der Waals surface area contributed by atoms with Gasteiger partial charge >= 0.3 is 55.0 Å². The fourth-order valence-electron chi connectivity index (χ4n) is 0.362. The molecule has 0 amide bonds. The number of hydrogen-bond acceptors (Lipinski definition) is 0. The molecule has 0 unspecified atom stereocenters. The molecule has 0 spiro atoms. The van der Waals surface area contributed by atoms with Crippen molar-refractivity contribution in [2.75, 3.05) is 0 Å². The molecule has 0 aromatic heterocycles. The summed E-state index contributed by atoms with van der Waals surface area (Å²) in [7, 11) is 0. The Morgan fingerprint density at radius 3 is 2.17 bits per heavy atom. The van der Waals surface area contributed by atoms with Gasteiger partial charge in [0.15, 0.2) is 0 Å². The molecular formula is C5H11Bi+2. The van der Waals surface area contributed by atoms with Crippen LogP contribution in [0.5, 0.6) is 0 Å². The van der Waals surface area contributed by atoms with E-state index in [1.54, 1.807) is 24.7 Å². The van der Waals surface area contributed by atoms with Crippen LogP contribution in [0, 0.1) is 0 Å². The first-order chi connectivity index (χ1) is 2.91. The molecule has 0 aromatic rings. The molecule has 0 nitrogen and oxygen atoms in total. The van der Waals surface area contributed by atoms with E-state index in [2.05, 4.69) is 6.92 Å². The van der Waals surface area contributed by atoms with Crippen LogP contribution in [0.4, 0.5) is 0 Å². The summed E-state index contributed by atoms with van der Waals surface area (Å²) in [5, 5.41) is 0. The van der Waals surface area contributed by atoms with Gasteiger partial charge in [-0.1, -0.05) is 0 Å². The molecule has 0 heterocycles. The second-order valence-corrected chi connectivity index (χ2v) is 3.17. The molecule has 0 bridgehead atoms. The maximum absolute atomic E-state index is 2.24. The van der Waals surface area contributed by atoms with Crippen LogP contribution < -0.4 is 0 Å². The van der Waals surface area contributed by atoms with Gasteiger partial charge < -0.3 is 0 Å². The summed E-state index contributed by atoms with van der Waals surface area (Å²) in [5.74, 6) is 0. The molecule has 0 rings (SSSR count). The maximum atomic E-state index is 2.24. The summed E-state index contributed by atoms with van der Waals surface area (Å²) < 4.78 is 1.47. The van der Waals surface area contributed by atoms with Crippen LogP contribution in [-0.2, 0) is 0 Å². The third-order valence-corrected chi connectivity index (χ3v) is 1.99. The first-order valence-electron chi connectivity index (χ1n) is 2.52. The zero-order chi connectivity index (χ0) is 4.83. The SMILES string of the molecule is CCCC[CH2][Bi+2]. The fraction of sp³-hybridized carbons (Fsp3) is 1.00. The molecule has 6 heavy (non-hydrogen) atoms. The predicted octanol–water partition coefficient (Wildman–Crippen LogP) is 1.76. The number of hydrogen-bond donors (Lipinski definition) is 0. The molecule has 0 atom stereocenters. The van der Waals surface area contributed by atoms with Crippen molar-refractivity contribution >= 4 is 24.7 Å². The molecule has 0 aliphatic heterocycles. The standard InChI is InChI=1S/C5H11.Bi/c1-3-5-4-2;/h1,3-5H2,2H3;/q;+2. The van der Waals surface area contributed by atoms with Crippen molar-refractivity contribution in [3.63, 3.8) is 0 Å². The van der Waals surface area contributed by atoms with Crippen LogP contribution in [0.1, 0.15) is 26.2 Å². The van der Waals surface area contributed by atoms with E-state index in [0.29, 0.717) is 0 Å². The van der Waals surface area contributed by atoms with Gasteiger partial charge in [-0.3, -0.25) is 0 Å². The predicted molar refractivity (Wildman–Crippen MR) is 30.1 cm³/mol. The summed E-state index contributed by atoms with van der Waals surface area (Å²) in [6, 6.07) is 0.